The van der Waals surface area contributed by atoms with Gasteiger partial charge in [-0.25, -0.2) is 9.97 Å². The van der Waals surface area contributed by atoms with E-state index >= 15 is 0 Å². The molecule has 116 valence electrons. The number of aryl methyl sites for hydroxylation is 1. The van der Waals surface area contributed by atoms with Crippen LogP contribution in [-0.4, -0.2) is 28.0 Å². The monoisotopic (exact) mass is 305 g/mol. The summed E-state index contributed by atoms with van der Waals surface area (Å²) in [6, 6.07) is 10.2. The van der Waals surface area contributed by atoms with Crippen LogP contribution in [0.1, 0.15) is 18.7 Å². The zero-order valence-electron chi connectivity index (χ0n) is 13.2. The predicted molar refractivity (Wildman–Crippen MR) is 93.2 cm³/mol. The first-order valence-corrected chi connectivity index (χ1v) is 8.00. The van der Waals surface area contributed by atoms with E-state index in [4.69, 9.17) is 0 Å². The third-order valence-corrected chi connectivity index (χ3v) is 4.14. The number of hydrogen-bond donors (Lipinski definition) is 1. The van der Waals surface area contributed by atoms with Crippen LogP contribution < -0.4 is 10.2 Å². The Morgan fingerprint density at radius 2 is 1.91 bits per heavy atom. The van der Waals surface area contributed by atoms with Crippen molar-refractivity contribution < 1.29 is 0 Å². The van der Waals surface area contributed by atoms with Gasteiger partial charge in [0.05, 0.1) is 17.4 Å². The van der Waals surface area contributed by atoms with Crippen LogP contribution in [0.15, 0.2) is 42.7 Å². The Balaban J connectivity index is 1.74. The molecule has 1 aliphatic rings. The lowest BCUT2D eigenvalue weighted by molar-refractivity contribution is 0.925. The van der Waals surface area contributed by atoms with Crippen molar-refractivity contribution >= 4 is 28.1 Å². The molecule has 0 atom stereocenters. The van der Waals surface area contributed by atoms with Crippen LogP contribution in [-0.2, 0) is 0 Å². The smallest absolute Gasteiger partial charge is 0.140 e. The number of anilines is 3. The Bertz CT molecular complexity index is 825. The summed E-state index contributed by atoms with van der Waals surface area (Å²) in [6.07, 6.45) is 6.06. The number of benzene rings is 1. The molecule has 5 heteroatoms. The average molecular weight is 305 g/mol. The number of rotatable bonds is 3. The van der Waals surface area contributed by atoms with Gasteiger partial charge in [0.15, 0.2) is 0 Å². The van der Waals surface area contributed by atoms with E-state index in [1.807, 2.05) is 25.3 Å². The third-order valence-electron chi connectivity index (χ3n) is 4.14. The lowest BCUT2D eigenvalue weighted by Crippen LogP contribution is -2.20. The fourth-order valence-electron chi connectivity index (χ4n) is 3.08. The average Bonchev–Trinajstić information content (AvgIpc) is 3.09. The van der Waals surface area contributed by atoms with Gasteiger partial charge >= 0.3 is 0 Å². The molecule has 0 saturated carbocycles. The second-order valence-electron chi connectivity index (χ2n) is 5.89. The standard InChI is InChI=1S/C18H19N5/c1-13-20-17-11-14(22-15-5-4-8-19-12-15)6-7-16(17)18(21-13)23-9-2-3-10-23/h4-8,11-12,22H,2-3,9-10H2,1H3. The minimum absolute atomic E-state index is 0.818. The van der Waals surface area contributed by atoms with Gasteiger partial charge in [-0.2, -0.15) is 0 Å². The molecule has 0 amide bonds. The molecule has 23 heavy (non-hydrogen) atoms. The first-order chi connectivity index (χ1) is 11.3. The van der Waals surface area contributed by atoms with Gasteiger partial charge in [-0.05, 0) is 50.1 Å². The van der Waals surface area contributed by atoms with Gasteiger partial charge in [-0.1, -0.05) is 0 Å². The van der Waals surface area contributed by atoms with E-state index in [2.05, 4.69) is 43.4 Å². The molecule has 1 aliphatic heterocycles. The highest BCUT2D eigenvalue weighted by atomic mass is 15.2. The highest BCUT2D eigenvalue weighted by molar-refractivity contribution is 5.92. The summed E-state index contributed by atoms with van der Waals surface area (Å²) in [5.41, 5.74) is 2.96. The zero-order chi connectivity index (χ0) is 15.6. The number of pyridine rings is 1. The zero-order valence-corrected chi connectivity index (χ0v) is 13.2. The molecule has 0 bridgehead atoms. The Morgan fingerprint density at radius 3 is 2.70 bits per heavy atom. The Labute approximate surface area is 135 Å². The molecule has 0 spiro atoms. The van der Waals surface area contributed by atoms with Gasteiger partial charge in [0.25, 0.3) is 0 Å². The van der Waals surface area contributed by atoms with E-state index in [-0.39, 0.29) is 0 Å². The molecular weight excluding hydrogens is 286 g/mol. The highest BCUT2D eigenvalue weighted by Gasteiger charge is 2.17. The Morgan fingerprint density at radius 1 is 1.04 bits per heavy atom. The van der Waals surface area contributed by atoms with Crippen LogP contribution in [0.3, 0.4) is 0 Å². The molecule has 3 aromatic rings. The van der Waals surface area contributed by atoms with Crippen molar-refractivity contribution in [3.63, 3.8) is 0 Å². The fourth-order valence-corrected chi connectivity index (χ4v) is 3.08. The maximum atomic E-state index is 4.68. The van der Waals surface area contributed by atoms with Gasteiger partial charge in [0.2, 0.25) is 0 Å². The van der Waals surface area contributed by atoms with Crippen LogP contribution >= 0.6 is 0 Å². The first-order valence-electron chi connectivity index (χ1n) is 8.00. The van der Waals surface area contributed by atoms with Crippen LogP contribution in [0.2, 0.25) is 0 Å². The Kier molecular flexibility index (Phi) is 3.54. The molecule has 1 aromatic carbocycles. The maximum Gasteiger partial charge on any atom is 0.140 e. The SMILES string of the molecule is Cc1nc(N2CCCC2)c2ccc(Nc3cccnc3)cc2n1. The quantitative estimate of drug-likeness (QED) is 0.800. The summed E-state index contributed by atoms with van der Waals surface area (Å²) in [4.78, 5) is 15.8. The van der Waals surface area contributed by atoms with E-state index in [1.165, 1.54) is 12.8 Å². The van der Waals surface area contributed by atoms with Crippen molar-refractivity contribution in [3.05, 3.63) is 48.5 Å². The number of nitrogens with one attached hydrogen (secondary N) is 1. The molecule has 1 fully saturated rings. The number of hydrogen-bond acceptors (Lipinski definition) is 5. The predicted octanol–water partition coefficient (Wildman–Crippen LogP) is 3.68. The summed E-state index contributed by atoms with van der Waals surface area (Å²) in [5, 5.41) is 4.49. The minimum Gasteiger partial charge on any atom is -0.356 e. The molecule has 3 heterocycles. The number of aromatic nitrogens is 3. The van der Waals surface area contributed by atoms with E-state index in [0.717, 1.165) is 47.0 Å². The summed E-state index contributed by atoms with van der Waals surface area (Å²) < 4.78 is 0. The van der Waals surface area contributed by atoms with Crippen LogP contribution in [0, 0.1) is 6.92 Å². The fraction of sp³-hybridized carbons (Fsp3) is 0.278. The molecule has 4 rings (SSSR count). The maximum absolute atomic E-state index is 4.68. The molecule has 5 nitrogen and oxygen atoms in total. The van der Waals surface area contributed by atoms with Gasteiger partial charge in [0, 0.05) is 30.4 Å². The normalized spacial score (nSPS) is 14.4. The number of fused-ring (bicyclic) bond motifs is 1. The summed E-state index contributed by atoms with van der Waals surface area (Å²) in [7, 11) is 0. The molecule has 1 saturated heterocycles. The summed E-state index contributed by atoms with van der Waals surface area (Å²) in [5.74, 6) is 1.89. The first kappa shape index (κ1) is 13.9. The van der Waals surface area contributed by atoms with Crippen molar-refractivity contribution in [1.29, 1.82) is 0 Å². The minimum atomic E-state index is 0.818. The number of nitrogens with zero attached hydrogens (tertiary/aromatic N) is 4. The van der Waals surface area contributed by atoms with Gasteiger partial charge in [0.1, 0.15) is 11.6 Å². The van der Waals surface area contributed by atoms with E-state index in [1.54, 1.807) is 6.20 Å². The molecule has 0 unspecified atom stereocenters. The largest absolute Gasteiger partial charge is 0.356 e. The highest BCUT2D eigenvalue weighted by Crippen LogP contribution is 2.29. The second kappa shape index (κ2) is 5.83. The van der Waals surface area contributed by atoms with Crippen LogP contribution in [0.25, 0.3) is 10.9 Å². The van der Waals surface area contributed by atoms with E-state index < -0.39 is 0 Å². The van der Waals surface area contributed by atoms with Gasteiger partial charge in [-0.15, -0.1) is 0 Å². The third kappa shape index (κ3) is 2.82. The topological polar surface area (TPSA) is 53.9 Å². The van der Waals surface area contributed by atoms with Crippen molar-refractivity contribution in [2.24, 2.45) is 0 Å². The Hall–Kier alpha value is -2.69. The van der Waals surface area contributed by atoms with Crippen LogP contribution in [0.4, 0.5) is 17.2 Å². The lowest BCUT2D eigenvalue weighted by Gasteiger charge is -2.19. The summed E-state index contributed by atoms with van der Waals surface area (Å²) in [6.45, 7) is 4.13. The van der Waals surface area contributed by atoms with Crippen LogP contribution in [0.5, 0.6) is 0 Å². The molecule has 0 aliphatic carbocycles. The molecule has 0 radical (unpaired) electrons. The molecule has 2 aromatic heterocycles. The summed E-state index contributed by atoms with van der Waals surface area (Å²) >= 11 is 0. The van der Waals surface area contributed by atoms with Crippen molar-refractivity contribution in [3.8, 4) is 0 Å². The van der Waals surface area contributed by atoms with Crippen molar-refractivity contribution in [1.82, 2.24) is 15.0 Å². The molecular formula is C18H19N5. The van der Waals surface area contributed by atoms with E-state index in [9.17, 15) is 0 Å². The van der Waals surface area contributed by atoms with E-state index in [0.29, 0.717) is 0 Å². The molecule has 1 N–H and O–H groups in total. The van der Waals surface area contributed by atoms with Crippen molar-refractivity contribution in [2.75, 3.05) is 23.3 Å². The lowest BCUT2D eigenvalue weighted by atomic mass is 10.2. The second-order valence-corrected chi connectivity index (χ2v) is 5.89. The van der Waals surface area contributed by atoms with Gasteiger partial charge in [-0.3, -0.25) is 4.98 Å². The van der Waals surface area contributed by atoms with Crippen molar-refractivity contribution in [2.45, 2.75) is 19.8 Å². The van der Waals surface area contributed by atoms with Gasteiger partial charge < -0.3 is 10.2 Å².